The molecule has 0 radical (unpaired) electrons. The van der Waals surface area contributed by atoms with Crippen molar-refractivity contribution in [3.05, 3.63) is 35.6 Å². The molecule has 102 valence electrons. The number of nitrogens with one attached hydrogen (secondary N) is 1. The van der Waals surface area contributed by atoms with Crippen molar-refractivity contribution in [3.63, 3.8) is 0 Å². The Morgan fingerprint density at radius 1 is 1.33 bits per heavy atom. The Kier molecular flexibility index (Phi) is 5.76. The van der Waals surface area contributed by atoms with E-state index < -0.39 is 0 Å². The highest BCUT2D eigenvalue weighted by Gasteiger charge is 2.20. The molecule has 0 bridgehead atoms. The second-order valence-electron chi connectivity index (χ2n) is 5.48. The summed E-state index contributed by atoms with van der Waals surface area (Å²) < 4.78 is 19.3. The summed E-state index contributed by atoms with van der Waals surface area (Å²) >= 11 is 0. The lowest BCUT2D eigenvalue weighted by atomic mass is 10.1. The molecule has 0 amide bonds. The molecule has 1 rings (SSSR count). The number of benzene rings is 1. The molecule has 1 aromatic rings. The molecule has 1 atom stereocenters. The first-order valence-corrected chi connectivity index (χ1v) is 6.56. The average Bonchev–Trinajstić information content (AvgIpc) is 2.26. The number of hydrogen-bond acceptors (Lipinski definition) is 2. The Hall–Kier alpha value is -0.930. The van der Waals surface area contributed by atoms with Gasteiger partial charge in [0, 0.05) is 6.54 Å². The second-order valence-corrected chi connectivity index (χ2v) is 5.48. The van der Waals surface area contributed by atoms with Crippen LogP contribution in [0.25, 0.3) is 0 Å². The molecule has 2 nitrogen and oxygen atoms in total. The average molecular weight is 253 g/mol. The van der Waals surface area contributed by atoms with Crippen LogP contribution in [0.2, 0.25) is 0 Å². The molecule has 0 fully saturated rings. The van der Waals surface area contributed by atoms with Crippen molar-refractivity contribution < 1.29 is 9.13 Å². The topological polar surface area (TPSA) is 21.3 Å². The fraction of sp³-hybridized carbons (Fsp3) is 0.600. The number of halogens is 1. The van der Waals surface area contributed by atoms with Crippen molar-refractivity contribution >= 4 is 0 Å². The van der Waals surface area contributed by atoms with Gasteiger partial charge in [-0.2, -0.15) is 0 Å². The minimum atomic E-state index is -0.245. The van der Waals surface area contributed by atoms with Gasteiger partial charge in [0.2, 0.25) is 0 Å². The third kappa shape index (κ3) is 5.61. The SMILES string of the molecule is CCCNCC(OC(C)(C)C)c1cccc(F)c1. The van der Waals surface area contributed by atoms with Crippen molar-refractivity contribution in [1.82, 2.24) is 5.32 Å². The van der Waals surface area contributed by atoms with Crippen molar-refractivity contribution in [2.45, 2.75) is 45.8 Å². The fourth-order valence-electron chi connectivity index (χ4n) is 1.77. The zero-order valence-corrected chi connectivity index (χ0v) is 11.8. The third-order valence-electron chi connectivity index (χ3n) is 2.47. The van der Waals surface area contributed by atoms with Gasteiger partial charge >= 0.3 is 0 Å². The predicted molar refractivity (Wildman–Crippen MR) is 73.1 cm³/mol. The quantitative estimate of drug-likeness (QED) is 0.781. The van der Waals surface area contributed by atoms with Gasteiger partial charge < -0.3 is 10.1 Å². The van der Waals surface area contributed by atoms with E-state index in [0.717, 1.165) is 18.5 Å². The molecule has 0 saturated carbocycles. The van der Waals surface area contributed by atoms with Gasteiger partial charge in [-0.15, -0.1) is 0 Å². The lowest BCUT2D eigenvalue weighted by molar-refractivity contribution is -0.0606. The number of hydrogen-bond donors (Lipinski definition) is 1. The van der Waals surface area contributed by atoms with Crippen LogP contribution >= 0.6 is 0 Å². The van der Waals surface area contributed by atoms with Gasteiger partial charge in [-0.05, 0) is 51.4 Å². The molecule has 1 aromatic carbocycles. The first kappa shape index (κ1) is 15.1. The smallest absolute Gasteiger partial charge is 0.123 e. The van der Waals surface area contributed by atoms with Gasteiger partial charge in [0.1, 0.15) is 5.82 Å². The highest BCUT2D eigenvalue weighted by molar-refractivity contribution is 5.19. The van der Waals surface area contributed by atoms with E-state index in [2.05, 4.69) is 12.2 Å². The second kappa shape index (κ2) is 6.86. The standard InChI is InChI=1S/C15H24FNO/c1-5-9-17-11-14(18-15(2,3)4)12-7-6-8-13(16)10-12/h6-8,10,14,17H,5,9,11H2,1-4H3. The van der Waals surface area contributed by atoms with Crippen molar-refractivity contribution in [2.24, 2.45) is 0 Å². The Labute approximate surface area is 110 Å². The molecule has 0 heterocycles. The largest absolute Gasteiger partial charge is 0.367 e. The van der Waals surface area contributed by atoms with Gasteiger partial charge in [-0.3, -0.25) is 0 Å². The first-order chi connectivity index (χ1) is 8.42. The summed E-state index contributed by atoms with van der Waals surface area (Å²) in [5, 5.41) is 3.33. The zero-order valence-electron chi connectivity index (χ0n) is 11.8. The maximum absolute atomic E-state index is 13.3. The van der Waals surface area contributed by atoms with Crippen LogP contribution in [-0.4, -0.2) is 18.7 Å². The molecule has 0 aliphatic heterocycles. The highest BCUT2D eigenvalue weighted by Crippen LogP contribution is 2.23. The molecule has 3 heteroatoms. The van der Waals surface area contributed by atoms with E-state index in [-0.39, 0.29) is 17.5 Å². The summed E-state index contributed by atoms with van der Waals surface area (Å²) in [7, 11) is 0. The van der Waals surface area contributed by atoms with Gasteiger partial charge in [0.25, 0.3) is 0 Å². The molecule has 0 aliphatic carbocycles. The van der Waals surface area contributed by atoms with Crippen LogP contribution in [0.1, 0.15) is 45.8 Å². The highest BCUT2D eigenvalue weighted by atomic mass is 19.1. The number of ether oxygens (including phenoxy) is 1. The summed E-state index contributed by atoms with van der Waals surface area (Å²) in [6, 6.07) is 6.64. The third-order valence-corrected chi connectivity index (χ3v) is 2.47. The van der Waals surface area contributed by atoms with E-state index in [1.807, 2.05) is 26.8 Å². The summed E-state index contributed by atoms with van der Waals surface area (Å²) in [6.07, 6.45) is 0.957. The van der Waals surface area contributed by atoms with Gasteiger partial charge in [-0.1, -0.05) is 19.1 Å². The van der Waals surface area contributed by atoms with Gasteiger partial charge in [-0.25, -0.2) is 4.39 Å². The number of rotatable bonds is 6. The van der Waals surface area contributed by atoms with Gasteiger partial charge in [0.15, 0.2) is 0 Å². The zero-order chi connectivity index (χ0) is 13.6. The van der Waals surface area contributed by atoms with Crippen LogP contribution in [0.4, 0.5) is 4.39 Å². The minimum Gasteiger partial charge on any atom is -0.367 e. The molecule has 0 spiro atoms. The van der Waals surface area contributed by atoms with Crippen molar-refractivity contribution in [2.75, 3.05) is 13.1 Å². The van der Waals surface area contributed by atoms with Crippen LogP contribution < -0.4 is 5.32 Å². The summed E-state index contributed by atoms with van der Waals surface area (Å²) in [6.45, 7) is 9.81. The van der Waals surface area contributed by atoms with Crippen LogP contribution in [0.15, 0.2) is 24.3 Å². The maximum Gasteiger partial charge on any atom is 0.123 e. The Morgan fingerprint density at radius 2 is 2.06 bits per heavy atom. The normalized spacial score (nSPS) is 13.6. The van der Waals surface area contributed by atoms with Crippen molar-refractivity contribution in [1.29, 1.82) is 0 Å². The monoisotopic (exact) mass is 253 g/mol. The summed E-state index contributed by atoms with van der Waals surface area (Å²) in [4.78, 5) is 0. The van der Waals surface area contributed by atoms with Gasteiger partial charge in [0.05, 0.1) is 11.7 Å². The fourth-order valence-corrected chi connectivity index (χ4v) is 1.77. The van der Waals surface area contributed by atoms with E-state index in [4.69, 9.17) is 4.74 Å². The summed E-state index contributed by atoms with van der Waals surface area (Å²) in [5.74, 6) is -0.217. The van der Waals surface area contributed by atoms with E-state index in [9.17, 15) is 4.39 Å². The molecule has 0 saturated heterocycles. The molecule has 1 unspecified atom stereocenters. The maximum atomic E-state index is 13.3. The Bertz CT molecular complexity index is 360. The van der Waals surface area contributed by atoms with Crippen LogP contribution in [-0.2, 0) is 4.74 Å². The van der Waals surface area contributed by atoms with Crippen molar-refractivity contribution in [3.8, 4) is 0 Å². The van der Waals surface area contributed by atoms with Crippen LogP contribution in [0, 0.1) is 5.82 Å². The molecule has 18 heavy (non-hydrogen) atoms. The summed E-state index contributed by atoms with van der Waals surface area (Å²) in [5.41, 5.74) is 0.638. The predicted octanol–water partition coefficient (Wildman–Crippen LogP) is 3.68. The molecule has 0 aromatic heterocycles. The molecule has 1 N–H and O–H groups in total. The van der Waals surface area contributed by atoms with Crippen LogP contribution in [0.3, 0.4) is 0 Å². The van der Waals surface area contributed by atoms with Crippen LogP contribution in [0.5, 0.6) is 0 Å². The van der Waals surface area contributed by atoms with E-state index in [0.29, 0.717) is 6.54 Å². The Balaban J connectivity index is 2.76. The molecular weight excluding hydrogens is 229 g/mol. The Morgan fingerprint density at radius 3 is 2.61 bits per heavy atom. The first-order valence-electron chi connectivity index (χ1n) is 6.56. The lowest BCUT2D eigenvalue weighted by Crippen LogP contribution is -2.30. The van der Waals surface area contributed by atoms with E-state index in [1.54, 1.807) is 12.1 Å². The van der Waals surface area contributed by atoms with E-state index >= 15 is 0 Å². The minimum absolute atomic E-state index is 0.118. The van der Waals surface area contributed by atoms with E-state index in [1.165, 1.54) is 6.07 Å². The molecule has 0 aliphatic rings. The molecular formula is C15H24FNO. The lowest BCUT2D eigenvalue weighted by Gasteiger charge is -2.28.